The second kappa shape index (κ2) is 4.18. The second-order valence-corrected chi connectivity index (χ2v) is 5.26. The SMILES string of the molecule is CN(C(=O)c1ccc[nH]1)C1CC2CCC(C1)N2. The third kappa shape index (κ3) is 1.97. The topological polar surface area (TPSA) is 48.1 Å². The Balaban J connectivity index is 1.70. The molecule has 0 aliphatic carbocycles. The summed E-state index contributed by atoms with van der Waals surface area (Å²) >= 11 is 0. The fraction of sp³-hybridized carbons (Fsp3) is 0.615. The average molecular weight is 233 g/mol. The highest BCUT2D eigenvalue weighted by Crippen LogP contribution is 2.29. The number of amides is 1. The molecule has 2 fully saturated rings. The maximum absolute atomic E-state index is 12.2. The normalized spacial score (nSPS) is 31.5. The molecule has 0 spiro atoms. The molecule has 2 bridgehead atoms. The Morgan fingerprint density at radius 3 is 2.65 bits per heavy atom. The number of aromatic nitrogens is 1. The first-order valence-corrected chi connectivity index (χ1v) is 6.40. The van der Waals surface area contributed by atoms with E-state index in [0.717, 1.165) is 12.8 Å². The maximum Gasteiger partial charge on any atom is 0.270 e. The van der Waals surface area contributed by atoms with Gasteiger partial charge in [0.2, 0.25) is 0 Å². The molecule has 2 saturated heterocycles. The van der Waals surface area contributed by atoms with Gasteiger partial charge in [-0.1, -0.05) is 0 Å². The minimum absolute atomic E-state index is 0.112. The van der Waals surface area contributed by atoms with Gasteiger partial charge in [0.15, 0.2) is 0 Å². The van der Waals surface area contributed by atoms with Crippen molar-refractivity contribution in [2.75, 3.05) is 7.05 Å². The van der Waals surface area contributed by atoms with Crippen LogP contribution >= 0.6 is 0 Å². The smallest absolute Gasteiger partial charge is 0.270 e. The van der Waals surface area contributed by atoms with Gasteiger partial charge in [-0.25, -0.2) is 0 Å². The Kier molecular flexibility index (Phi) is 2.67. The molecule has 0 saturated carbocycles. The Morgan fingerprint density at radius 1 is 1.35 bits per heavy atom. The number of H-pyrrole nitrogens is 1. The Morgan fingerprint density at radius 2 is 2.06 bits per heavy atom. The van der Waals surface area contributed by atoms with Crippen molar-refractivity contribution in [3.63, 3.8) is 0 Å². The van der Waals surface area contributed by atoms with Crippen LogP contribution < -0.4 is 5.32 Å². The molecule has 4 nitrogen and oxygen atoms in total. The van der Waals surface area contributed by atoms with Gasteiger partial charge in [-0.3, -0.25) is 4.79 Å². The zero-order valence-electron chi connectivity index (χ0n) is 10.1. The molecule has 2 atom stereocenters. The quantitative estimate of drug-likeness (QED) is 0.810. The lowest BCUT2D eigenvalue weighted by Gasteiger charge is -2.35. The highest BCUT2D eigenvalue weighted by Gasteiger charge is 2.36. The first kappa shape index (κ1) is 10.8. The highest BCUT2D eigenvalue weighted by atomic mass is 16.2. The largest absolute Gasteiger partial charge is 0.357 e. The third-order valence-electron chi connectivity index (χ3n) is 4.14. The molecule has 3 rings (SSSR count). The van der Waals surface area contributed by atoms with Crippen molar-refractivity contribution >= 4 is 5.91 Å². The number of carbonyl (C=O) groups excluding carboxylic acids is 1. The van der Waals surface area contributed by atoms with Crippen LogP contribution in [0.5, 0.6) is 0 Å². The van der Waals surface area contributed by atoms with E-state index >= 15 is 0 Å². The summed E-state index contributed by atoms with van der Waals surface area (Å²) < 4.78 is 0. The number of hydrogen-bond acceptors (Lipinski definition) is 2. The molecular weight excluding hydrogens is 214 g/mol. The van der Waals surface area contributed by atoms with Crippen molar-refractivity contribution in [2.24, 2.45) is 0 Å². The standard InChI is InChI=1S/C13H19N3O/c1-16(13(17)12-3-2-6-14-12)11-7-9-4-5-10(8-11)15-9/h2-3,6,9-11,14-15H,4-5,7-8H2,1H3. The molecule has 17 heavy (non-hydrogen) atoms. The van der Waals surface area contributed by atoms with Crippen LogP contribution in [0.3, 0.4) is 0 Å². The van der Waals surface area contributed by atoms with Crippen molar-refractivity contribution in [3.05, 3.63) is 24.0 Å². The number of nitrogens with zero attached hydrogens (tertiary/aromatic N) is 1. The van der Waals surface area contributed by atoms with E-state index in [1.807, 2.05) is 24.1 Å². The van der Waals surface area contributed by atoms with Gasteiger partial charge in [0.05, 0.1) is 0 Å². The van der Waals surface area contributed by atoms with Crippen LogP contribution in [0.2, 0.25) is 0 Å². The second-order valence-electron chi connectivity index (χ2n) is 5.26. The van der Waals surface area contributed by atoms with Crippen molar-refractivity contribution < 1.29 is 4.79 Å². The predicted octanol–water partition coefficient (Wildman–Crippen LogP) is 1.37. The van der Waals surface area contributed by atoms with E-state index in [0.29, 0.717) is 23.8 Å². The van der Waals surface area contributed by atoms with Crippen LogP contribution in [0, 0.1) is 0 Å². The van der Waals surface area contributed by atoms with Crippen LogP contribution in [0.1, 0.15) is 36.2 Å². The lowest BCUT2D eigenvalue weighted by Crippen LogP contribution is -2.48. The zero-order valence-corrected chi connectivity index (χ0v) is 10.1. The predicted molar refractivity (Wildman–Crippen MR) is 65.9 cm³/mol. The first-order valence-electron chi connectivity index (χ1n) is 6.40. The maximum atomic E-state index is 12.2. The molecule has 0 radical (unpaired) electrons. The summed E-state index contributed by atoms with van der Waals surface area (Å²) in [5.74, 6) is 0.112. The summed E-state index contributed by atoms with van der Waals surface area (Å²) in [5.41, 5.74) is 0.693. The van der Waals surface area contributed by atoms with Crippen LogP contribution in [0.4, 0.5) is 0 Å². The number of carbonyl (C=O) groups is 1. The summed E-state index contributed by atoms with van der Waals surface area (Å²) in [5, 5.41) is 3.60. The van der Waals surface area contributed by atoms with Gasteiger partial charge >= 0.3 is 0 Å². The van der Waals surface area contributed by atoms with E-state index in [1.165, 1.54) is 12.8 Å². The Bertz CT molecular complexity index is 389. The number of nitrogens with one attached hydrogen (secondary N) is 2. The fourth-order valence-corrected chi connectivity index (χ4v) is 3.16. The van der Waals surface area contributed by atoms with Gasteiger partial charge < -0.3 is 15.2 Å². The van der Waals surface area contributed by atoms with Crippen LogP contribution in [0.15, 0.2) is 18.3 Å². The van der Waals surface area contributed by atoms with Crippen molar-refractivity contribution in [1.29, 1.82) is 0 Å². The van der Waals surface area contributed by atoms with Gasteiger partial charge in [-0.15, -0.1) is 0 Å². The van der Waals surface area contributed by atoms with Crippen molar-refractivity contribution in [2.45, 2.75) is 43.8 Å². The first-order chi connectivity index (χ1) is 8.24. The molecule has 92 valence electrons. The lowest BCUT2D eigenvalue weighted by molar-refractivity contribution is 0.0676. The van der Waals surface area contributed by atoms with Gasteiger partial charge in [0.1, 0.15) is 5.69 Å². The summed E-state index contributed by atoms with van der Waals surface area (Å²) in [6.45, 7) is 0. The van der Waals surface area contributed by atoms with Crippen LogP contribution in [0.25, 0.3) is 0 Å². The van der Waals surface area contributed by atoms with E-state index < -0.39 is 0 Å². The number of fused-ring (bicyclic) bond motifs is 2. The molecule has 4 heteroatoms. The molecule has 1 aromatic heterocycles. The summed E-state index contributed by atoms with van der Waals surface area (Å²) in [6, 6.07) is 5.35. The summed E-state index contributed by atoms with van der Waals surface area (Å²) in [4.78, 5) is 17.1. The van der Waals surface area contributed by atoms with Crippen molar-refractivity contribution in [3.8, 4) is 0 Å². The number of rotatable bonds is 2. The van der Waals surface area contributed by atoms with Crippen molar-refractivity contribution in [1.82, 2.24) is 15.2 Å². The van der Waals surface area contributed by atoms with Crippen LogP contribution in [-0.2, 0) is 0 Å². The van der Waals surface area contributed by atoms with Gasteiger partial charge in [-0.05, 0) is 37.8 Å². The fourth-order valence-electron chi connectivity index (χ4n) is 3.16. The molecule has 1 aromatic rings. The number of hydrogen-bond donors (Lipinski definition) is 2. The van der Waals surface area contributed by atoms with Gasteiger partial charge in [0.25, 0.3) is 5.91 Å². The summed E-state index contributed by atoms with van der Waals surface area (Å²) in [6.07, 6.45) is 6.53. The molecule has 3 heterocycles. The molecular formula is C13H19N3O. The molecule has 2 unspecified atom stereocenters. The Hall–Kier alpha value is -1.29. The zero-order chi connectivity index (χ0) is 11.8. The highest BCUT2D eigenvalue weighted by molar-refractivity contribution is 5.92. The van der Waals surface area contributed by atoms with Crippen LogP contribution in [-0.4, -0.2) is 41.0 Å². The molecule has 2 aliphatic heterocycles. The molecule has 2 aliphatic rings. The average Bonchev–Trinajstić information content (AvgIpc) is 2.97. The molecule has 1 amide bonds. The van der Waals surface area contributed by atoms with Gasteiger partial charge in [-0.2, -0.15) is 0 Å². The molecule has 0 aromatic carbocycles. The number of aromatic amines is 1. The minimum Gasteiger partial charge on any atom is -0.357 e. The Labute approximate surface area is 101 Å². The minimum atomic E-state index is 0.112. The molecule has 2 N–H and O–H groups in total. The van der Waals surface area contributed by atoms with E-state index in [2.05, 4.69) is 10.3 Å². The van der Waals surface area contributed by atoms with E-state index in [-0.39, 0.29) is 5.91 Å². The van der Waals surface area contributed by atoms with E-state index in [1.54, 1.807) is 6.20 Å². The monoisotopic (exact) mass is 233 g/mol. The lowest BCUT2D eigenvalue weighted by atomic mass is 9.98. The number of piperidine rings is 1. The summed E-state index contributed by atoms with van der Waals surface area (Å²) in [7, 11) is 1.93. The third-order valence-corrected chi connectivity index (χ3v) is 4.14. The van der Waals surface area contributed by atoms with E-state index in [4.69, 9.17) is 0 Å². The van der Waals surface area contributed by atoms with Gasteiger partial charge in [0, 0.05) is 31.4 Å². The van der Waals surface area contributed by atoms with E-state index in [9.17, 15) is 4.79 Å².